The first-order chi connectivity index (χ1) is 6.25. The second-order valence-electron chi connectivity index (χ2n) is 3.16. The number of carbonyl (C=O) groups excluding carboxylic acids is 1. The van der Waals surface area contributed by atoms with Gasteiger partial charge >= 0.3 is 0 Å². The fraction of sp³-hybridized carbons (Fsp3) is 0.625. The molecule has 1 fully saturated rings. The molecule has 13 heavy (non-hydrogen) atoms. The average molecular weight is 197 g/mol. The largest absolute Gasteiger partial charge is 0.307 e. The summed E-state index contributed by atoms with van der Waals surface area (Å²) in [7, 11) is 0. The van der Waals surface area contributed by atoms with Crippen molar-refractivity contribution in [3.63, 3.8) is 0 Å². The van der Waals surface area contributed by atoms with Crippen molar-refractivity contribution in [2.24, 2.45) is 0 Å². The van der Waals surface area contributed by atoms with Gasteiger partial charge in [0, 0.05) is 19.4 Å². The molecule has 1 atom stereocenters. The second kappa shape index (κ2) is 3.51. The predicted molar refractivity (Wildman–Crippen MR) is 49.6 cm³/mol. The molecule has 1 saturated heterocycles. The number of Topliss-reactive ketones (excluding diaryl/α,β-unsaturated/α-hetero) is 1. The summed E-state index contributed by atoms with van der Waals surface area (Å²) < 4.78 is 0. The standard InChI is InChI=1S/C8H11N3OS/c1-5-10-11-8(13-5)7-4-6(12)2-3-9-7/h7,9H,2-4H2,1H3. The Bertz CT molecular complexity index is 323. The van der Waals surface area contributed by atoms with Crippen LogP contribution in [0.15, 0.2) is 0 Å². The molecule has 1 aliphatic rings. The Morgan fingerprint density at radius 2 is 2.38 bits per heavy atom. The Kier molecular flexibility index (Phi) is 2.37. The van der Waals surface area contributed by atoms with Crippen LogP contribution < -0.4 is 5.32 Å². The van der Waals surface area contributed by atoms with Crippen molar-refractivity contribution in [1.29, 1.82) is 0 Å². The van der Waals surface area contributed by atoms with E-state index in [1.54, 1.807) is 11.3 Å². The van der Waals surface area contributed by atoms with Crippen LogP contribution >= 0.6 is 11.3 Å². The lowest BCUT2D eigenvalue weighted by atomic mass is 10.0. The summed E-state index contributed by atoms with van der Waals surface area (Å²) in [6, 6.07) is 0.104. The zero-order chi connectivity index (χ0) is 9.26. The Labute approximate surface area is 80.4 Å². The van der Waals surface area contributed by atoms with Crippen molar-refractivity contribution in [2.75, 3.05) is 6.54 Å². The smallest absolute Gasteiger partial charge is 0.136 e. The van der Waals surface area contributed by atoms with E-state index in [0.29, 0.717) is 18.6 Å². The van der Waals surface area contributed by atoms with Crippen LogP contribution in [-0.2, 0) is 4.79 Å². The third-order valence-corrected chi connectivity index (χ3v) is 3.02. The first-order valence-electron chi connectivity index (χ1n) is 4.31. The van der Waals surface area contributed by atoms with E-state index in [-0.39, 0.29) is 6.04 Å². The lowest BCUT2D eigenvalue weighted by molar-refractivity contribution is -0.120. The van der Waals surface area contributed by atoms with E-state index < -0.39 is 0 Å². The van der Waals surface area contributed by atoms with Crippen molar-refractivity contribution in [3.8, 4) is 0 Å². The van der Waals surface area contributed by atoms with Gasteiger partial charge in [-0.25, -0.2) is 0 Å². The monoisotopic (exact) mass is 197 g/mol. The molecule has 0 bridgehead atoms. The summed E-state index contributed by atoms with van der Waals surface area (Å²) in [6.45, 7) is 2.69. The number of hydrogen-bond acceptors (Lipinski definition) is 5. The molecule has 5 heteroatoms. The molecule has 0 amide bonds. The maximum absolute atomic E-state index is 11.2. The van der Waals surface area contributed by atoms with Crippen LogP contribution in [0.1, 0.15) is 28.9 Å². The molecule has 2 rings (SSSR count). The number of aromatic nitrogens is 2. The predicted octanol–water partition coefficient (Wildman–Crippen LogP) is 0.840. The average Bonchev–Trinajstić information content (AvgIpc) is 2.52. The number of hydrogen-bond donors (Lipinski definition) is 1. The summed E-state index contributed by atoms with van der Waals surface area (Å²) in [5.74, 6) is 0.316. The molecule has 4 nitrogen and oxygen atoms in total. The number of nitrogens with one attached hydrogen (secondary N) is 1. The summed E-state index contributed by atoms with van der Waals surface area (Å²) >= 11 is 1.56. The molecule has 0 aliphatic carbocycles. The van der Waals surface area contributed by atoms with Crippen LogP contribution in [0, 0.1) is 6.92 Å². The molecular formula is C8H11N3OS. The molecule has 2 heterocycles. The minimum Gasteiger partial charge on any atom is -0.307 e. The highest BCUT2D eigenvalue weighted by Crippen LogP contribution is 2.23. The lowest BCUT2D eigenvalue weighted by Gasteiger charge is -2.19. The van der Waals surface area contributed by atoms with Crippen LogP contribution in [0.25, 0.3) is 0 Å². The molecule has 0 radical (unpaired) electrons. The third-order valence-electron chi connectivity index (χ3n) is 2.07. The summed E-state index contributed by atoms with van der Waals surface area (Å²) in [5, 5.41) is 13.1. The SMILES string of the molecule is Cc1nnc(C2CC(=O)CCN2)s1. The number of rotatable bonds is 1. The molecule has 0 aromatic carbocycles. The number of aryl methyl sites for hydroxylation is 1. The Morgan fingerprint density at radius 1 is 1.54 bits per heavy atom. The molecule has 1 aliphatic heterocycles. The van der Waals surface area contributed by atoms with E-state index in [2.05, 4.69) is 15.5 Å². The van der Waals surface area contributed by atoms with Crippen molar-refractivity contribution in [2.45, 2.75) is 25.8 Å². The van der Waals surface area contributed by atoms with E-state index in [4.69, 9.17) is 0 Å². The van der Waals surface area contributed by atoms with Crippen LogP contribution in [0.3, 0.4) is 0 Å². The highest BCUT2D eigenvalue weighted by atomic mass is 32.1. The minimum absolute atomic E-state index is 0.104. The van der Waals surface area contributed by atoms with Crippen molar-refractivity contribution < 1.29 is 4.79 Å². The first-order valence-corrected chi connectivity index (χ1v) is 5.12. The van der Waals surface area contributed by atoms with Crippen molar-refractivity contribution in [1.82, 2.24) is 15.5 Å². The van der Waals surface area contributed by atoms with Crippen LogP contribution in [0.4, 0.5) is 0 Å². The Hall–Kier alpha value is -0.810. The van der Waals surface area contributed by atoms with E-state index in [0.717, 1.165) is 16.6 Å². The van der Waals surface area contributed by atoms with Gasteiger partial charge in [0.15, 0.2) is 0 Å². The fourth-order valence-corrected chi connectivity index (χ4v) is 2.19. The highest BCUT2D eigenvalue weighted by molar-refractivity contribution is 7.11. The summed E-state index contributed by atoms with van der Waals surface area (Å²) in [4.78, 5) is 11.2. The van der Waals surface area contributed by atoms with E-state index in [1.807, 2.05) is 6.92 Å². The Morgan fingerprint density at radius 3 is 3.00 bits per heavy atom. The van der Waals surface area contributed by atoms with Gasteiger partial charge in [0.2, 0.25) is 0 Å². The summed E-state index contributed by atoms with van der Waals surface area (Å²) in [5.41, 5.74) is 0. The quantitative estimate of drug-likeness (QED) is 0.725. The molecule has 0 saturated carbocycles. The number of ketones is 1. The van der Waals surface area contributed by atoms with Crippen molar-refractivity contribution >= 4 is 17.1 Å². The minimum atomic E-state index is 0.104. The molecule has 1 unspecified atom stereocenters. The normalized spacial score (nSPS) is 23.5. The summed E-state index contributed by atoms with van der Waals surface area (Å²) in [6.07, 6.45) is 1.21. The molecule has 1 aromatic heterocycles. The number of nitrogens with zero attached hydrogens (tertiary/aromatic N) is 2. The van der Waals surface area contributed by atoms with Crippen LogP contribution in [0.2, 0.25) is 0 Å². The third kappa shape index (κ3) is 1.92. The van der Waals surface area contributed by atoms with Gasteiger partial charge in [-0.05, 0) is 6.92 Å². The fourth-order valence-electron chi connectivity index (χ4n) is 1.42. The molecule has 1 aromatic rings. The van der Waals surface area contributed by atoms with E-state index in [9.17, 15) is 4.79 Å². The van der Waals surface area contributed by atoms with Gasteiger partial charge in [0.1, 0.15) is 15.8 Å². The zero-order valence-corrected chi connectivity index (χ0v) is 8.23. The van der Waals surface area contributed by atoms with Crippen LogP contribution in [0.5, 0.6) is 0 Å². The zero-order valence-electron chi connectivity index (χ0n) is 7.41. The van der Waals surface area contributed by atoms with Gasteiger partial charge in [-0.2, -0.15) is 0 Å². The number of carbonyl (C=O) groups is 1. The molecular weight excluding hydrogens is 186 g/mol. The van der Waals surface area contributed by atoms with E-state index >= 15 is 0 Å². The highest BCUT2D eigenvalue weighted by Gasteiger charge is 2.22. The lowest BCUT2D eigenvalue weighted by Crippen LogP contribution is -2.31. The van der Waals surface area contributed by atoms with Gasteiger partial charge in [0.05, 0.1) is 6.04 Å². The van der Waals surface area contributed by atoms with Crippen LogP contribution in [-0.4, -0.2) is 22.5 Å². The number of piperidine rings is 1. The molecule has 70 valence electrons. The van der Waals surface area contributed by atoms with Gasteiger partial charge in [0.25, 0.3) is 0 Å². The maximum Gasteiger partial charge on any atom is 0.136 e. The maximum atomic E-state index is 11.2. The molecule has 0 spiro atoms. The first kappa shape index (κ1) is 8.77. The molecule has 1 N–H and O–H groups in total. The topological polar surface area (TPSA) is 54.9 Å². The van der Waals surface area contributed by atoms with Gasteiger partial charge in [-0.3, -0.25) is 4.79 Å². The second-order valence-corrected chi connectivity index (χ2v) is 4.37. The van der Waals surface area contributed by atoms with Gasteiger partial charge < -0.3 is 5.32 Å². The van der Waals surface area contributed by atoms with Crippen molar-refractivity contribution in [3.05, 3.63) is 10.0 Å². The van der Waals surface area contributed by atoms with Gasteiger partial charge in [-0.15, -0.1) is 21.5 Å². The van der Waals surface area contributed by atoms with E-state index in [1.165, 1.54) is 0 Å². The Balaban J connectivity index is 2.12. The van der Waals surface area contributed by atoms with Gasteiger partial charge in [-0.1, -0.05) is 0 Å².